The van der Waals surface area contributed by atoms with Crippen LogP contribution in [0.25, 0.3) is 11.3 Å². The Morgan fingerprint density at radius 3 is 2.24 bits per heavy atom. The van der Waals surface area contributed by atoms with Crippen molar-refractivity contribution >= 4 is 17.9 Å². The number of carbonyl (C=O) groups is 1. The Morgan fingerprint density at radius 2 is 1.70 bits per heavy atom. The fourth-order valence-corrected chi connectivity index (χ4v) is 3.78. The normalized spacial score (nSPS) is 18.1. The molecule has 3 aliphatic rings. The van der Waals surface area contributed by atoms with E-state index in [0.717, 1.165) is 0 Å². The predicted octanol–water partition coefficient (Wildman–Crippen LogP) is 1.33. The molecule has 2 aliphatic carbocycles. The number of aromatic amines is 1. The molecule has 0 aromatic carbocycles. The van der Waals surface area contributed by atoms with E-state index < -0.39 is 0 Å². The fourth-order valence-electron chi connectivity index (χ4n) is 3.78. The van der Waals surface area contributed by atoms with Gasteiger partial charge in [0.25, 0.3) is 5.56 Å². The van der Waals surface area contributed by atoms with E-state index in [9.17, 15) is 9.59 Å². The van der Waals surface area contributed by atoms with Gasteiger partial charge in [-0.15, -0.1) is 0 Å². The quantitative estimate of drug-likeness (QED) is 0.704. The largest absolute Gasteiger partial charge is 0.378 e. The van der Waals surface area contributed by atoms with Crippen LogP contribution in [0.2, 0.25) is 0 Å². The number of anilines is 2. The number of nitrogens with two attached hydrogens (primary N) is 1. The fraction of sp³-hybridized carbons (Fsp3) is 0.591. The summed E-state index contributed by atoms with van der Waals surface area (Å²) in [6.07, 6.45) is 9.17. The van der Waals surface area contributed by atoms with Gasteiger partial charge in [-0.05, 0) is 32.1 Å². The number of hydrogen-bond acceptors (Lipinski definition) is 8. The van der Waals surface area contributed by atoms with Crippen molar-refractivity contribution in [1.29, 1.82) is 0 Å². The molecule has 0 radical (unpaired) electrons. The van der Waals surface area contributed by atoms with Crippen molar-refractivity contribution in [2.24, 2.45) is 0 Å². The molecule has 0 bridgehead atoms. The van der Waals surface area contributed by atoms with E-state index in [0.29, 0.717) is 55.6 Å². The zero-order chi connectivity index (χ0) is 23.4. The Balaban J connectivity index is 0.000000172. The average molecular weight is 457 g/mol. The minimum Gasteiger partial charge on any atom is -0.378 e. The number of ether oxygens (including phenoxy) is 1. The Kier molecular flexibility index (Phi) is 7.07. The van der Waals surface area contributed by atoms with Crippen molar-refractivity contribution in [3.05, 3.63) is 28.8 Å². The smallest absolute Gasteiger partial charge is 0.319 e. The third-order valence-electron chi connectivity index (χ3n) is 6.33. The summed E-state index contributed by atoms with van der Waals surface area (Å²) >= 11 is 0. The maximum Gasteiger partial charge on any atom is 0.319 e. The number of aromatic nitrogens is 4. The van der Waals surface area contributed by atoms with Gasteiger partial charge in [0.1, 0.15) is 0 Å². The van der Waals surface area contributed by atoms with Crippen molar-refractivity contribution in [2.45, 2.75) is 44.2 Å². The molecule has 1 aliphatic heterocycles. The van der Waals surface area contributed by atoms with Gasteiger partial charge in [-0.25, -0.2) is 19.7 Å². The summed E-state index contributed by atoms with van der Waals surface area (Å²) in [6, 6.07) is 2.69. The van der Waals surface area contributed by atoms with Crippen LogP contribution in [-0.2, 0) is 4.74 Å². The molecular weight excluding hydrogens is 424 g/mol. The molecule has 0 spiro atoms. The first-order valence-corrected chi connectivity index (χ1v) is 11.4. The second-order valence-electron chi connectivity index (χ2n) is 8.70. The summed E-state index contributed by atoms with van der Waals surface area (Å²) in [7, 11) is 3.86. The number of amides is 2. The van der Waals surface area contributed by atoms with Crippen LogP contribution in [0.15, 0.2) is 23.3 Å². The first-order valence-electron chi connectivity index (χ1n) is 11.4. The number of urea groups is 1. The van der Waals surface area contributed by atoms with Gasteiger partial charge in [-0.2, -0.15) is 0 Å². The van der Waals surface area contributed by atoms with Crippen molar-refractivity contribution in [2.75, 3.05) is 51.0 Å². The Hall–Kier alpha value is -3.21. The molecule has 3 heterocycles. The van der Waals surface area contributed by atoms with Crippen molar-refractivity contribution < 1.29 is 9.53 Å². The first-order chi connectivity index (χ1) is 15.9. The van der Waals surface area contributed by atoms with Crippen LogP contribution in [0.3, 0.4) is 0 Å². The third kappa shape index (κ3) is 5.78. The standard InChI is InChI=1S/C12H14N6O2.C10H18N2O/c13-11-14-6-8(7-15-11)9-5-10(19)17-12(16-9)18-1-3-20-4-2-18;1-11(8-4-3-5-8)10(13)12(2)9-6-7-9/h5-7H,1-4H2,(H2,13,14,15)(H,16,17,19);8-9H,3-7H2,1-2H3. The highest BCUT2D eigenvalue weighted by Crippen LogP contribution is 2.29. The molecule has 2 aromatic rings. The molecule has 11 heteroatoms. The van der Waals surface area contributed by atoms with E-state index in [1.807, 2.05) is 28.8 Å². The molecule has 33 heavy (non-hydrogen) atoms. The number of rotatable bonds is 4. The lowest BCUT2D eigenvalue weighted by molar-refractivity contribution is 0.122. The summed E-state index contributed by atoms with van der Waals surface area (Å²) in [4.78, 5) is 44.4. The summed E-state index contributed by atoms with van der Waals surface area (Å²) in [5.41, 5.74) is 6.41. The van der Waals surface area contributed by atoms with E-state index >= 15 is 0 Å². The number of nitrogens with one attached hydrogen (secondary N) is 1. The number of nitrogen functional groups attached to an aromatic ring is 1. The van der Waals surface area contributed by atoms with Gasteiger partial charge < -0.3 is 25.2 Å². The van der Waals surface area contributed by atoms with Gasteiger partial charge in [0.15, 0.2) is 0 Å². The molecule has 11 nitrogen and oxygen atoms in total. The van der Waals surface area contributed by atoms with Crippen LogP contribution in [0, 0.1) is 0 Å². The number of carbonyl (C=O) groups excluding carboxylic acids is 1. The highest BCUT2D eigenvalue weighted by Gasteiger charge is 2.34. The van der Waals surface area contributed by atoms with Gasteiger partial charge in [0, 0.05) is 63.3 Å². The van der Waals surface area contributed by atoms with Gasteiger partial charge in [-0.3, -0.25) is 9.78 Å². The molecule has 0 unspecified atom stereocenters. The third-order valence-corrected chi connectivity index (χ3v) is 6.33. The maximum atomic E-state index is 11.8. The molecule has 178 valence electrons. The highest BCUT2D eigenvalue weighted by molar-refractivity contribution is 5.75. The van der Waals surface area contributed by atoms with Crippen LogP contribution >= 0.6 is 0 Å². The lowest BCUT2D eigenvalue weighted by atomic mass is 9.92. The van der Waals surface area contributed by atoms with Crippen molar-refractivity contribution in [3.8, 4) is 11.3 Å². The molecule has 2 saturated carbocycles. The number of H-pyrrole nitrogens is 1. The van der Waals surface area contributed by atoms with Gasteiger partial charge in [-0.1, -0.05) is 0 Å². The topological polar surface area (TPSA) is 134 Å². The van der Waals surface area contributed by atoms with Gasteiger partial charge >= 0.3 is 6.03 Å². The van der Waals surface area contributed by atoms with Crippen molar-refractivity contribution in [3.63, 3.8) is 0 Å². The second-order valence-corrected chi connectivity index (χ2v) is 8.70. The van der Waals surface area contributed by atoms with Crippen LogP contribution < -0.4 is 16.2 Å². The highest BCUT2D eigenvalue weighted by atomic mass is 16.5. The SMILES string of the molecule is CN(C(=O)N(C)C1CC1)C1CCC1.Nc1ncc(-c2cc(=O)[nH]c(N3CCOCC3)n2)cn1. The molecule has 2 aromatic heterocycles. The predicted molar refractivity (Wildman–Crippen MR) is 125 cm³/mol. The Bertz CT molecular complexity index is 997. The Morgan fingerprint density at radius 1 is 1.09 bits per heavy atom. The summed E-state index contributed by atoms with van der Waals surface area (Å²) in [5.74, 6) is 0.722. The summed E-state index contributed by atoms with van der Waals surface area (Å²) in [6.45, 7) is 2.65. The number of hydrogen-bond donors (Lipinski definition) is 2. The molecule has 3 fully saturated rings. The average Bonchev–Trinajstić information content (AvgIpc) is 3.63. The minimum atomic E-state index is -0.215. The van der Waals surface area contributed by atoms with E-state index in [1.54, 1.807) is 12.4 Å². The number of nitrogens with zero attached hydrogens (tertiary/aromatic N) is 6. The molecule has 5 rings (SSSR count). The van der Waals surface area contributed by atoms with E-state index in [4.69, 9.17) is 10.5 Å². The summed E-state index contributed by atoms with van der Waals surface area (Å²) in [5, 5.41) is 0. The molecular formula is C22H32N8O3. The van der Waals surface area contributed by atoms with E-state index in [-0.39, 0.29) is 17.5 Å². The summed E-state index contributed by atoms with van der Waals surface area (Å²) < 4.78 is 5.28. The maximum absolute atomic E-state index is 11.8. The number of morpholine rings is 1. The van der Waals surface area contributed by atoms with Crippen LogP contribution in [-0.4, -0.2) is 88.2 Å². The van der Waals surface area contributed by atoms with E-state index in [2.05, 4.69) is 19.9 Å². The zero-order valence-electron chi connectivity index (χ0n) is 19.2. The molecule has 2 amide bonds. The van der Waals surface area contributed by atoms with Crippen LogP contribution in [0.1, 0.15) is 32.1 Å². The molecule has 0 atom stereocenters. The van der Waals surface area contributed by atoms with Crippen LogP contribution in [0.4, 0.5) is 16.7 Å². The Labute approximate surface area is 193 Å². The van der Waals surface area contributed by atoms with Gasteiger partial charge in [0.05, 0.1) is 18.9 Å². The van der Waals surface area contributed by atoms with Crippen LogP contribution in [0.5, 0.6) is 0 Å². The zero-order valence-corrected chi connectivity index (χ0v) is 19.2. The lowest BCUT2D eigenvalue weighted by Gasteiger charge is -2.37. The first kappa shape index (κ1) is 23.0. The minimum absolute atomic E-state index is 0.187. The van der Waals surface area contributed by atoms with Gasteiger partial charge in [0.2, 0.25) is 11.9 Å². The van der Waals surface area contributed by atoms with E-state index in [1.165, 1.54) is 38.2 Å². The molecule has 3 N–H and O–H groups in total. The monoisotopic (exact) mass is 456 g/mol. The van der Waals surface area contributed by atoms with Crippen molar-refractivity contribution in [1.82, 2.24) is 29.7 Å². The second kappa shape index (κ2) is 10.2. The lowest BCUT2D eigenvalue weighted by Crippen LogP contribution is -2.47. The molecule has 1 saturated heterocycles.